The van der Waals surface area contributed by atoms with Gasteiger partial charge in [0.2, 0.25) is 0 Å². The number of cyclic esters (lactones) is 1. The zero-order chi connectivity index (χ0) is 20.5. The molecule has 3 heterocycles. The molecule has 2 saturated heterocycles. The average molecular weight is 390 g/mol. The predicted octanol–water partition coefficient (Wildman–Crippen LogP) is 3.57. The van der Waals surface area contributed by atoms with Gasteiger partial charge in [0.15, 0.2) is 5.82 Å². The summed E-state index contributed by atoms with van der Waals surface area (Å²) in [6.45, 7) is 11.4. The Balaban J connectivity index is 1.61. The number of carbonyl (C=O) groups excluding carboxylic acids is 2. The summed E-state index contributed by atoms with van der Waals surface area (Å²) < 4.78 is 10.6. The molecule has 1 atom stereocenters. The van der Waals surface area contributed by atoms with Crippen molar-refractivity contribution in [1.29, 1.82) is 0 Å². The molecule has 3 rings (SSSR count). The number of likely N-dealkylation sites (tertiary alicyclic amines) is 1. The van der Waals surface area contributed by atoms with Crippen molar-refractivity contribution in [2.45, 2.75) is 65.0 Å². The quantitative estimate of drug-likeness (QED) is 0.784. The fourth-order valence-corrected chi connectivity index (χ4v) is 3.54. The minimum atomic E-state index is -0.486. The largest absolute Gasteiger partial charge is 0.447 e. The van der Waals surface area contributed by atoms with E-state index < -0.39 is 5.60 Å². The number of hydrogen-bond acceptors (Lipinski definition) is 6. The van der Waals surface area contributed by atoms with Crippen molar-refractivity contribution >= 4 is 18.0 Å². The highest BCUT2D eigenvalue weighted by Crippen LogP contribution is 2.29. The Hall–Kier alpha value is -2.38. The van der Waals surface area contributed by atoms with Gasteiger partial charge in [-0.1, -0.05) is 13.8 Å². The fraction of sp³-hybridized carbons (Fsp3) is 0.700. The van der Waals surface area contributed by atoms with Crippen LogP contribution in [0.2, 0.25) is 0 Å². The number of rotatable bonds is 3. The molecular weight excluding hydrogens is 360 g/mol. The molecule has 2 amide bonds. The van der Waals surface area contributed by atoms with E-state index in [1.807, 2.05) is 20.8 Å². The summed E-state index contributed by atoms with van der Waals surface area (Å²) in [6.07, 6.45) is 4.39. The van der Waals surface area contributed by atoms with Crippen LogP contribution in [0.1, 0.15) is 59.1 Å². The Morgan fingerprint density at radius 2 is 1.89 bits per heavy atom. The van der Waals surface area contributed by atoms with E-state index in [-0.39, 0.29) is 30.1 Å². The molecule has 2 aliphatic rings. The molecule has 0 spiro atoms. The van der Waals surface area contributed by atoms with Gasteiger partial charge in [-0.3, -0.25) is 9.88 Å². The fourth-order valence-electron chi connectivity index (χ4n) is 3.54. The van der Waals surface area contributed by atoms with Gasteiger partial charge in [-0.25, -0.2) is 14.6 Å². The van der Waals surface area contributed by atoms with Gasteiger partial charge >= 0.3 is 12.2 Å². The van der Waals surface area contributed by atoms with E-state index in [0.717, 1.165) is 18.5 Å². The first-order chi connectivity index (χ1) is 13.2. The third-order valence-corrected chi connectivity index (χ3v) is 5.15. The first-order valence-corrected chi connectivity index (χ1v) is 9.91. The van der Waals surface area contributed by atoms with E-state index >= 15 is 0 Å². The summed E-state index contributed by atoms with van der Waals surface area (Å²) in [7, 11) is 0. The van der Waals surface area contributed by atoms with Crippen molar-refractivity contribution in [1.82, 2.24) is 14.9 Å². The number of nitrogens with zero attached hydrogens (tertiary/aromatic N) is 4. The molecule has 0 radical (unpaired) electrons. The molecule has 0 bridgehead atoms. The van der Waals surface area contributed by atoms with Crippen LogP contribution in [0.3, 0.4) is 0 Å². The Morgan fingerprint density at radius 3 is 2.43 bits per heavy atom. The van der Waals surface area contributed by atoms with Gasteiger partial charge in [0.05, 0.1) is 24.1 Å². The zero-order valence-corrected chi connectivity index (χ0v) is 17.3. The first-order valence-electron chi connectivity index (χ1n) is 9.91. The number of carbonyl (C=O) groups is 2. The number of piperidine rings is 1. The number of ether oxygens (including phenoxy) is 2. The van der Waals surface area contributed by atoms with E-state index in [2.05, 4.69) is 23.8 Å². The summed E-state index contributed by atoms with van der Waals surface area (Å²) in [5.41, 5.74) is 0.404. The molecule has 0 aromatic carbocycles. The van der Waals surface area contributed by atoms with Crippen LogP contribution >= 0.6 is 0 Å². The second kappa shape index (κ2) is 7.93. The van der Waals surface area contributed by atoms with Crippen molar-refractivity contribution in [2.75, 3.05) is 24.6 Å². The van der Waals surface area contributed by atoms with Crippen molar-refractivity contribution in [3.8, 4) is 0 Å². The van der Waals surface area contributed by atoms with Crippen LogP contribution in [0.4, 0.5) is 15.4 Å². The molecule has 0 saturated carbocycles. The predicted molar refractivity (Wildman–Crippen MR) is 104 cm³/mol. The Labute approximate surface area is 166 Å². The Kier molecular flexibility index (Phi) is 5.76. The summed E-state index contributed by atoms with van der Waals surface area (Å²) in [6, 6.07) is -0.0234. The number of hydrogen-bond donors (Lipinski definition) is 0. The Bertz CT molecular complexity index is 706. The molecule has 154 valence electrons. The molecule has 2 fully saturated rings. The summed E-state index contributed by atoms with van der Waals surface area (Å²) in [5.74, 6) is 1.04. The highest BCUT2D eigenvalue weighted by Gasteiger charge is 2.37. The zero-order valence-electron chi connectivity index (χ0n) is 17.3. The molecule has 0 N–H and O–H groups in total. The minimum Gasteiger partial charge on any atom is -0.447 e. The van der Waals surface area contributed by atoms with Gasteiger partial charge in [-0.15, -0.1) is 0 Å². The smallest absolute Gasteiger partial charge is 0.415 e. The lowest BCUT2D eigenvalue weighted by molar-refractivity contribution is 0.0204. The van der Waals surface area contributed by atoms with Crippen LogP contribution in [0.5, 0.6) is 0 Å². The van der Waals surface area contributed by atoms with Gasteiger partial charge < -0.3 is 14.4 Å². The second-order valence-electron chi connectivity index (χ2n) is 8.80. The van der Waals surface area contributed by atoms with Crippen LogP contribution in [0.15, 0.2) is 12.4 Å². The summed E-state index contributed by atoms with van der Waals surface area (Å²) in [5, 5.41) is 0. The number of aromatic nitrogens is 2. The lowest BCUT2D eigenvalue weighted by Crippen LogP contribution is -2.41. The first kappa shape index (κ1) is 20.4. The lowest BCUT2D eigenvalue weighted by atomic mass is 9.94. The lowest BCUT2D eigenvalue weighted by Gasteiger charge is -2.33. The normalized spacial score (nSPS) is 21.2. The molecule has 28 heavy (non-hydrogen) atoms. The molecule has 0 unspecified atom stereocenters. The van der Waals surface area contributed by atoms with E-state index in [4.69, 9.17) is 9.47 Å². The molecule has 8 heteroatoms. The monoisotopic (exact) mass is 390 g/mol. The van der Waals surface area contributed by atoms with Crippen molar-refractivity contribution in [2.24, 2.45) is 5.92 Å². The summed E-state index contributed by atoms with van der Waals surface area (Å²) >= 11 is 0. The average Bonchev–Trinajstić information content (AvgIpc) is 3.02. The molecule has 8 nitrogen and oxygen atoms in total. The van der Waals surface area contributed by atoms with Crippen molar-refractivity contribution < 1.29 is 19.1 Å². The minimum absolute atomic E-state index is 0.0234. The Morgan fingerprint density at radius 1 is 1.21 bits per heavy atom. The maximum atomic E-state index is 12.2. The number of amides is 2. The molecule has 1 aromatic rings. The van der Waals surface area contributed by atoms with Crippen molar-refractivity contribution in [3.63, 3.8) is 0 Å². The molecule has 1 aromatic heterocycles. The van der Waals surface area contributed by atoms with Gasteiger partial charge in [-0.2, -0.15) is 0 Å². The van der Waals surface area contributed by atoms with Gasteiger partial charge in [0.1, 0.15) is 12.2 Å². The highest BCUT2D eigenvalue weighted by molar-refractivity contribution is 5.88. The van der Waals surface area contributed by atoms with Crippen LogP contribution in [0, 0.1) is 5.92 Å². The molecule has 0 aliphatic carbocycles. The highest BCUT2D eigenvalue weighted by atomic mass is 16.6. The van der Waals surface area contributed by atoms with E-state index in [1.54, 1.807) is 22.2 Å². The number of anilines is 1. The van der Waals surface area contributed by atoms with Crippen LogP contribution in [-0.4, -0.2) is 58.4 Å². The van der Waals surface area contributed by atoms with Gasteiger partial charge in [0.25, 0.3) is 0 Å². The van der Waals surface area contributed by atoms with Crippen LogP contribution in [-0.2, 0) is 9.47 Å². The molecular formula is C20H30N4O4. The third-order valence-electron chi connectivity index (χ3n) is 5.15. The van der Waals surface area contributed by atoms with Gasteiger partial charge in [0, 0.05) is 19.0 Å². The van der Waals surface area contributed by atoms with E-state index in [9.17, 15) is 9.59 Å². The van der Waals surface area contributed by atoms with Crippen molar-refractivity contribution in [3.05, 3.63) is 18.1 Å². The standard InChI is InChI=1S/C20H30N4O4/c1-13(2)16-12-27-19(26)24(16)17-11-21-15(10-22-17)14-6-8-23(9-7-14)18(25)28-20(3,4)5/h10-11,13-14,16H,6-9,12H2,1-5H3/t16-/m1/s1. The third kappa shape index (κ3) is 4.54. The maximum absolute atomic E-state index is 12.2. The van der Waals surface area contributed by atoms with E-state index in [0.29, 0.717) is 25.5 Å². The van der Waals surface area contributed by atoms with Crippen LogP contribution in [0.25, 0.3) is 0 Å². The van der Waals surface area contributed by atoms with E-state index in [1.165, 1.54) is 0 Å². The molecule has 2 aliphatic heterocycles. The maximum Gasteiger partial charge on any atom is 0.415 e. The summed E-state index contributed by atoms with van der Waals surface area (Å²) in [4.78, 5) is 36.6. The van der Waals surface area contributed by atoms with Gasteiger partial charge in [-0.05, 0) is 39.5 Å². The SMILES string of the molecule is CC(C)[C@H]1COC(=O)N1c1cnc(C2CCN(C(=O)OC(C)(C)C)CC2)cn1. The van der Waals surface area contributed by atoms with Crippen LogP contribution < -0.4 is 4.90 Å². The topological polar surface area (TPSA) is 84.9 Å². The second-order valence-corrected chi connectivity index (χ2v) is 8.80.